The molecule has 7 heteroatoms. The highest BCUT2D eigenvalue weighted by atomic mass is 19.4. The molecule has 1 rings (SSSR count). The molecule has 0 radical (unpaired) electrons. The van der Waals surface area contributed by atoms with Crippen LogP contribution in [-0.2, 0) is 12.6 Å². The fourth-order valence-electron chi connectivity index (χ4n) is 1.25. The van der Waals surface area contributed by atoms with Crippen molar-refractivity contribution in [3.8, 4) is 0 Å². The number of halogens is 4. The van der Waals surface area contributed by atoms with Crippen LogP contribution in [0.25, 0.3) is 10.4 Å². The molecule has 0 aliphatic rings. The van der Waals surface area contributed by atoms with Crippen molar-refractivity contribution in [1.82, 2.24) is 0 Å². The van der Waals surface area contributed by atoms with E-state index in [4.69, 9.17) is 5.53 Å². The first-order chi connectivity index (χ1) is 7.45. The lowest BCUT2D eigenvalue weighted by atomic mass is 10.0. The maximum atomic E-state index is 12.7. The van der Waals surface area contributed by atoms with Gasteiger partial charge in [0.2, 0.25) is 0 Å². The van der Waals surface area contributed by atoms with Gasteiger partial charge in [-0.25, -0.2) is 4.39 Å². The molecule has 0 saturated carbocycles. The fourth-order valence-corrected chi connectivity index (χ4v) is 1.25. The van der Waals surface area contributed by atoms with Crippen molar-refractivity contribution in [2.75, 3.05) is 6.54 Å². The molecule has 0 N–H and O–H groups in total. The van der Waals surface area contributed by atoms with E-state index in [1.165, 1.54) is 0 Å². The van der Waals surface area contributed by atoms with Gasteiger partial charge in [0.25, 0.3) is 0 Å². The zero-order chi connectivity index (χ0) is 12.2. The van der Waals surface area contributed by atoms with E-state index >= 15 is 0 Å². The van der Waals surface area contributed by atoms with Crippen molar-refractivity contribution in [3.05, 3.63) is 45.6 Å². The van der Waals surface area contributed by atoms with E-state index < -0.39 is 17.6 Å². The molecule has 0 spiro atoms. The minimum atomic E-state index is -4.60. The molecule has 1 aromatic rings. The van der Waals surface area contributed by atoms with Gasteiger partial charge in [0.15, 0.2) is 0 Å². The highest BCUT2D eigenvalue weighted by Crippen LogP contribution is 2.32. The van der Waals surface area contributed by atoms with Gasteiger partial charge in [-0.3, -0.25) is 0 Å². The first-order valence-corrected chi connectivity index (χ1v) is 4.31. The Morgan fingerprint density at radius 2 is 2.00 bits per heavy atom. The lowest BCUT2D eigenvalue weighted by molar-refractivity contribution is -0.138. The van der Waals surface area contributed by atoms with E-state index in [0.717, 1.165) is 12.1 Å². The molecule has 0 aliphatic carbocycles. The summed E-state index contributed by atoms with van der Waals surface area (Å²) in [5.41, 5.74) is 6.88. The predicted molar refractivity (Wildman–Crippen MR) is 49.1 cm³/mol. The Hall–Kier alpha value is -1.75. The van der Waals surface area contributed by atoms with E-state index in [0.29, 0.717) is 6.07 Å². The standard InChI is InChI=1S/C9H7F4N3/c10-7-2-1-6(3-4-15-16-14)8(5-7)9(11,12)13/h1-2,5H,3-4H2. The third-order valence-corrected chi connectivity index (χ3v) is 1.92. The van der Waals surface area contributed by atoms with Crippen LogP contribution < -0.4 is 0 Å². The van der Waals surface area contributed by atoms with Crippen molar-refractivity contribution >= 4 is 0 Å². The smallest absolute Gasteiger partial charge is 0.207 e. The Bertz CT molecular complexity index is 421. The van der Waals surface area contributed by atoms with Crippen molar-refractivity contribution in [1.29, 1.82) is 0 Å². The van der Waals surface area contributed by atoms with E-state index in [1.807, 2.05) is 0 Å². The van der Waals surface area contributed by atoms with Crippen LogP contribution in [0.3, 0.4) is 0 Å². The second-order valence-electron chi connectivity index (χ2n) is 3.00. The van der Waals surface area contributed by atoms with Gasteiger partial charge in [-0.05, 0) is 29.6 Å². The first-order valence-electron chi connectivity index (χ1n) is 4.31. The number of nitrogens with zero attached hydrogens (tertiary/aromatic N) is 3. The normalized spacial score (nSPS) is 11.0. The Morgan fingerprint density at radius 1 is 1.31 bits per heavy atom. The molecule has 0 fully saturated rings. The molecule has 0 aromatic heterocycles. The molecule has 0 atom stereocenters. The lowest BCUT2D eigenvalue weighted by Crippen LogP contribution is -2.10. The first kappa shape index (κ1) is 12.3. The van der Waals surface area contributed by atoms with Gasteiger partial charge in [0, 0.05) is 11.5 Å². The van der Waals surface area contributed by atoms with Crippen LogP contribution in [0.15, 0.2) is 23.3 Å². The molecule has 0 heterocycles. The largest absolute Gasteiger partial charge is 0.416 e. The van der Waals surface area contributed by atoms with E-state index in [9.17, 15) is 17.6 Å². The van der Waals surface area contributed by atoms with Crippen molar-refractivity contribution in [2.45, 2.75) is 12.6 Å². The third-order valence-electron chi connectivity index (χ3n) is 1.92. The van der Waals surface area contributed by atoms with Crippen molar-refractivity contribution < 1.29 is 17.6 Å². The maximum absolute atomic E-state index is 12.7. The number of rotatable bonds is 3. The summed E-state index contributed by atoms with van der Waals surface area (Å²) in [5, 5.41) is 3.13. The van der Waals surface area contributed by atoms with Gasteiger partial charge in [-0.1, -0.05) is 11.2 Å². The highest BCUT2D eigenvalue weighted by molar-refractivity contribution is 5.30. The van der Waals surface area contributed by atoms with Crippen molar-refractivity contribution in [3.63, 3.8) is 0 Å². The van der Waals surface area contributed by atoms with Crippen LogP contribution in [-0.4, -0.2) is 6.54 Å². The summed E-state index contributed by atoms with van der Waals surface area (Å²) in [6.07, 6.45) is -4.67. The minimum absolute atomic E-state index is 0.0703. The van der Waals surface area contributed by atoms with E-state index in [-0.39, 0.29) is 18.5 Å². The van der Waals surface area contributed by atoms with Gasteiger partial charge < -0.3 is 0 Å². The van der Waals surface area contributed by atoms with Crippen LogP contribution in [0.4, 0.5) is 17.6 Å². The highest BCUT2D eigenvalue weighted by Gasteiger charge is 2.33. The summed E-state index contributed by atoms with van der Waals surface area (Å²) in [4.78, 5) is 2.43. The monoisotopic (exact) mass is 233 g/mol. The number of hydrogen-bond acceptors (Lipinski definition) is 1. The molecule has 16 heavy (non-hydrogen) atoms. The average molecular weight is 233 g/mol. The van der Waals surface area contributed by atoms with Gasteiger partial charge >= 0.3 is 6.18 Å². The van der Waals surface area contributed by atoms with E-state index in [2.05, 4.69) is 10.0 Å². The topological polar surface area (TPSA) is 48.8 Å². The Labute approximate surface area is 88.3 Å². The van der Waals surface area contributed by atoms with Gasteiger partial charge in [-0.2, -0.15) is 13.2 Å². The Balaban J connectivity index is 3.03. The molecule has 86 valence electrons. The lowest BCUT2D eigenvalue weighted by Gasteiger charge is -2.11. The SMILES string of the molecule is [N-]=[N+]=NCCc1ccc(F)cc1C(F)(F)F. The fraction of sp³-hybridized carbons (Fsp3) is 0.333. The molecule has 0 aliphatic heterocycles. The zero-order valence-corrected chi connectivity index (χ0v) is 8.00. The van der Waals surface area contributed by atoms with E-state index in [1.54, 1.807) is 0 Å². The Kier molecular flexibility index (Phi) is 3.73. The number of hydrogen-bond donors (Lipinski definition) is 0. The molecule has 0 amide bonds. The molecule has 0 saturated heterocycles. The number of benzene rings is 1. The average Bonchev–Trinajstić information content (AvgIpc) is 2.19. The van der Waals surface area contributed by atoms with Crippen molar-refractivity contribution in [2.24, 2.45) is 5.11 Å². The second kappa shape index (κ2) is 4.85. The summed E-state index contributed by atoms with van der Waals surface area (Å²) >= 11 is 0. The predicted octanol–water partition coefficient (Wildman–Crippen LogP) is 3.70. The van der Waals surface area contributed by atoms with Gasteiger partial charge in [-0.15, -0.1) is 0 Å². The molecule has 3 nitrogen and oxygen atoms in total. The summed E-state index contributed by atoms with van der Waals surface area (Å²) in [6.45, 7) is -0.0921. The number of azide groups is 1. The molecular weight excluding hydrogens is 226 g/mol. The molecule has 1 aromatic carbocycles. The summed E-state index contributed by atoms with van der Waals surface area (Å²) in [5.74, 6) is -0.945. The maximum Gasteiger partial charge on any atom is 0.416 e. The van der Waals surface area contributed by atoms with Gasteiger partial charge in [0.05, 0.1) is 5.56 Å². The van der Waals surface area contributed by atoms with Crippen LogP contribution in [0.5, 0.6) is 0 Å². The van der Waals surface area contributed by atoms with Crippen LogP contribution >= 0.6 is 0 Å². The van der Waals surface area contributed by atoms with Gasteiger partial charge in [0.1, 0.15) is 5.82 Å². The zero-order valence-electron chi connectivity index (χ0n) is 8.00. The summed E-state index contributed by atoms with van der Waals surface area (Å²) in [6, 6.07) is 2.43. The summed E-state index contributed by atoms with van der Waals surface area (Å²) < 4.78 is 50.1. The molecular formula is C9H7F4N3. The minimum Gasteiger partial charge on any atom is -0.207 e. The quantitative estimate of drug-likeness (QED) is 0.331. The second-order valence-corrected chi connectivity index (χ2v) is 3.00. The molecule has 0 bridgehead atoms. The van der Waals surface area contributed by atoms with Crippen LogP contribution in [0, 0.1) is 5.82 Å². The number of alkyl halides is 3. The third kappa shape index (κ3) is 3.13. The van der Waals surface area contributed by atoms with Crippen LogP contribution in [0.2, 0.25) is 0 Å². The summed E-state index contributed by atoms with van der Waals surface area (Å²) in [7, 11) is 0. The van der Waals surface area contributed by atoms with Crippen LogP contribution in [0.1, 0.15) is 11.1 Å². The molecule has 0 unspecified atom stereocenters. The Morgan fingerprint density at radius 3 is 2.56 bits per heavy atom.